The second-order valence-corrected chi connectivity index (χ2v) is 5.51. The van der Waals surface area contributed by atoms with E-state index in [1.807, 2.05) is 0 Å². The monoisotopic (exact) mass is 314 g/mol. The van der Waals surface area contributed by atoms with Crippen LogP contribution in [0.1, 0.15) is 45.1 Å². The molecule has 0 saturated heterocycles. The summed E-state index contributed by atoms with van der Waals surface area (Å²) in [5.41, 5.74) is 0.747. The summed E-state index contributed by atoms with van der Waals surface area (Å²) >= 11 is 3.37. The van der Waals surface area contributed by atoms with E-state index in [1.54, 1.807) is 6.07 Å². The van der Waals surface area contributed by atoms with Crippen LogP contribution < -0.4 is 0 Å². The minimum absolute atomic E-state index is 0.121. The molecule has 1 nitrogen and oxygen atoms in total. The lowest BCUT2D eigenvalue weighted by Crippen LogP contribution is -2.17. The van der Waals surface area contributed by atoms with Crippen molar-refractivity contribution in [2.45, 2.75) is 46.0 Å². The Morgan fingerprint density at radius 2 is 1.89 bits per heavy atom. The van der Waals surface area contributed by atoms with Crippen molar-refractivity contribution in [3.8, 4) is 0 Å². The number of ketones is 1. The SMILES string of the molecule is CCCC(CCC)C(=O)Cc1cc(F)ccc1Br. The zero-order chi connectivity index (χ0) is 13.5. The Bertz CT molecular complexity index is 397. The van der Waals surface area contributed by atoms with Crippen LogP contribution in [0.25, 0.3) is 0 Å². The van der Waals surface area contributed by atoms with Crippen LogP contribution in [0.3, 0.4) is 0 Å². The van der Waals surface area contributed by atoms with Crippen molar-refractivity contribution in [1.82, 2.24) is 0 Å². The molecule has 1 aromatic carbocycles. The van der Waals surface area contributed by atoms with Crippen molar-refractivity contribution in [3.05, 3.63) is 34.1 Å². The molecule has 100 valence electrons. The van der Waals surface area contributed by atoms with Gasteiger partial charge in [-0.05, 0) is 36.6 Å². The molecular formula is C15H20BrFO. The van der Waals surface area contributed by atoms with Crippen molar-refractivity contribution in [2.24, 2.45) is 5.92 Å². The molecule has 0 aliphatic heterocycles. The van der Waals surface area contributed by atoms with E-state index in [-0.39, 0.29) is 17.5 Å². The third-order valence-electron chi connectivity index (χ3n) is 3.10. The highest BCUT2D eigenvalue weighted by Crippen LogP contribution is 2.22. The molecule has 0 spiro atoms. The second-order valence-electron chi connectivity index (χ2n) is 4.65. The highest BCUT2D eigenvalue weighted by molar-refractivity contribution is 9.10. The number of carbonyl (C=O) groups is 1. The van der Waals surface area contributed by atoms with Gasteiger partial charge < -0.3 is 0 Å². The number of hydrogen-bond donors (Lipinski definition) is 0. The summed E-state index contributed by atoms with van der Waals surface area (Å²) in [6.45, 7) is 4.18. The molecule has 1 aromatic rings. The molecule has 0 atom stereocenters. The van der Waals surface area contributed by atoms with Crippen LogP contribution in [-0.4, -0.2) is 5.78 Å². The molecule has 0 N–H and O–H groups in total. The molecule has 0 saturated carbocycles. The number of hydrogen-bond acceptors (Lipinski definition) is 1. The van der Waals surface area contributed by atoms with Gasteiger partial charge in [-0.15, -0.1) is 0 Å². The third kappa shape index (κ3) is 4.52. The molecule has 3 heteroatoms. The molecule has 0 fully saturated rings. The van der Waals surface area contributed by atoms with Crippen molar-refractivity contribution in [1.29, 1.82) is 0 Å². The molecule has 0 aliphatic carbocycles. The largest absolute Gasteiger partial charge is 0.299 e. The van der Waals surface area contributed by atoms with Gasteiger partial charge in [0.05, 0.1) is 0 Å². The van der Waals surface area contributed by atoms with Crippen molar-refractivity contribution >= 4 is 21.7 Å². The first kappa shape index (κ1) is 15.4. The van der Waals surface area contributed by atoms with E-state index in [1.165, 1.54) is 12.1 Å². The fraction of sp³-hybridized carbons (Fsp3) is 0.533. The highest BCUT2D eigenvalue weighted by atomic mass is 79.9. The quantitative estimate of drug-likeness (QED) is 0.698. The Morgan fingerprint density at radius 1 is 1.28 bits per heavy atom. The lowest BCUT2D eigenvalue weighted by atomic mass is 9.90. The van der Waals surface area contributed by atoms with E-state index < -0.39 is 0 Å². The van der Waals surface area contributed by atoms with Crippen LogP contribution >= 0.6 is 15.9 Å². The van der Waals surface area contributed by atoms with Crippen LogP contribution in [0, 0.1) is 11.7 Å². The van der Waals surface area contributed by atoms with E-state index in [0.29, 0.717) is 6.42 Å². The number of Topliss-reactive ketones (excluding diaryl/α,β-unsaturated/α-hetero) is 1. The van der Waals surface area contributed by atoms with E-state index in [2.05, 4.69) is 29.8 Å². The number of benzene rings is 1. The van der Waals surface area contributed by atoms with Crippen molar-refractivity contribution in [3.63, 3.8) is 0 Å². The molecule has 0 amide bonds. The average Bonchev–Trinajstić information content (AvgIpc) is 2.33. The molecule has 0 unspecified atom stereocenters. The number of rotatable bonds is 7. The highest BCUT2D eigenvalue weighted by Gasteiger charge is 2.18. The summed E-state index contributed by atoms with van der Waals surface area (Å²) in [6, 6.07) is 4.50. The van der Waals surface area contributed by atoms with Crippen LogP contribution in [0.5, 0.6) is 0 Å². The van der Waals surface area contributed by atoms with E-state index in [4.69, 9.17) is 0 Å². The maximum atomic E-state index is 13.2. The van der Waals surface area contributed by atoms with Gasteiger partial charge in [-0.1, -0.05) is 42.6 Å². The number of halogens is 2. The average molecular weight is 315 g/mol. The van der Waals surface area contributed by atoms with Crippen LogP contribution in [-0.2, 0) is 11.2 Å². The Morgan fingerprint density at radius 3 is 2.44 bits per heavy atom. The molecule has 0 aliphatic rings. The van der Waals surface area contributed by atoms with Gasteiger partial charge in [-0.25, -0.2) is 4.39 Å². The first-order valence-electron chi connectivity index (χ1n) is 6.55. The predicted octanol–water partition coefficient (Wildman–Crippen LogP) is 4.92. The smallest absolute Gasteiger partial charge is 0.140 e. The standard InChI is InChI=1S/C15H20BrFO/c1-3-5-11(6-4-2)15(18)10-12-9-13(17)7-8-14(12)16/h7-9,11H,3-6,10H2,1-2H3. The molecule has 1 rings (SSSR count). The normalized spacial score (nSPS) is 10.9. The topological polar surface area (TPSA) is 17.1 Å². The molecular weight excluding hydrogens is 295 g/mol. The summed E-state index contributed by atoms with van der Waals surface area (Å²) < 4.78 is 14.0. The van der Waals surface area contributed by atoms with Gasteiger partial charge >= 0.3 is 0 Å². The fourth-order valence-corrected chi connectivity index (χ4v) is 2.56. The Kier molecular flexibility index (Phi) is 6.55. The Hall–Kier alpha value is -0.700. The van der Waals surface area contributed by atoms with E-state index in [0.717, 1.165) is 35.7 Å². The lowest BCUT2D eigenvalue weighted by Gasteiger charge is -2.14. The maximum Gasteiger partial charge on any atom is 0.140 e. The molecule has 0 radical (unpaired) electrons. The summed E-state index contributed by atoms with van der Waals surface area (Å²) in [5.74, 6) is 0.0590. The Balaban J connectivity index is 2.75. The molecule has 0 bridgehead atoms. The second kappa shape index (κ2) is 7.67. The van der Waals surface area contributed by atoms with Crippen LogP contribution in [0.2, 0.25) is 0 Å². The zero-order valence-corrected chi connectivity index (χ0v) is 12.6. The summed E-state index contributed by atoms with van der Waals surface area (Å²) in [4.78, 5) is 12.2. The van der Waals surface area contributed by atoms with Crippen molar-refractivity contribution in [2.75, 3.05) is 0 Å². The first-order chi connectivity index (χ1) is 8.58. The van der Waals surface area contributed by atoms with Gasteiger partial charge in [-0.2, -0.15) is 0 Å². The molecule has 0 aromatic heterocycles. The zero-order valence-electron chi connectivity index (χ0n) is 11.0. The van der Waals surface area contributed by atoms with Gasteiger partial charge in [0.2, 0.25) is 0 Å². The van der Waals surface area contributed by atoms with Gasteiger partial charge in [0, 0.05) is 16.8 Å². The predicted molar refractivity (Wildman–Crippen MR) is 76.1 cm³/mol. The maximum absolute atomic E-state index is 13.2. The number of carbonyl (C=O) groups excluding carboxylic acids is 1. The van der Waals surface area contributed by atoms with E-state index in [9.17, 15) is 9.18 Å². The van der Waals surface area contributed by atoms with E-state index >= 15 is 0 Å². The van der Waals surface area contributed by atoms with Crippen LogP contribution in [0.15, 0.2) is 22.7 Å². The first-order valence-corrected chi connectivity index (χ1v) is 7.34. The minimum atomic E-state index is -0.288. The van der Waals surface area contributed by atoms with Gasteiger partial charge in [-0.3, -0.25) is 4.79 Å². The fourth-order valence-electron chi connectivity index (χ4n) is 2.17. The van der Waals surface area contributed by atoms with Gasteiger partial charge in [0.25, 0.3) is 0 Å². The molecule has 18 heavy (non-hydrogen) atoms. The summed E-state index contributed by atoms with van der Waals surface area (Å²) in [6.07, 6.45) is 4.21. The van der Waals surface area contributed by atoms with Crippen LogP contribution in [0.4, 0.5) is 4.39 Å². The summed E-state index contributed by atoms with van der Waals surface area (Å²) in [7, 11) is 0. The lowest BCUT2D eigenvalue weighted by molar-refractivity contribution is -0.122. The third-order valence-corrected chi connectivity index (χ3v) is 3.88. The summed E-state index contributed by atoms with van der Waals surface area (Å²) in [5, 5.41) is 0. The molecule has 0 heterocycles. The Labute approximate surface area is 117 Å². The van der Waals surface area contributed by atoms with Crippen molar-refractivity contribution < 1.29 is 9.18 Å². The minimum Gasteiger partial charge on any atom is -0.299 e. The van der Waals surface area contributed by atoms with Gasteiger partial charge in [0.15, 0.2) is 0 Å². The van der Waals surface area contributed by atoms with Gasteiger partial charge in [0.1, 0.15) is 11.6 Å².